The van der Waals surface area contributed by atoms with E-state index in [1.807, 2.05) is 0 Å². The first-order valence-corrected chi connectivity index (χ1v) is 13.2. The molecule has 2 aromatic carbocycles. The SMILES string of the molecule is CC1=NC(C)=C(C(=O)OC[C@@H]2CCCO2)[C@@H](c2ccccc2[N+](=O)[O-])C1C(=O)OCCNC(=O)c1ccccc1O. The monoisotopic (exact) mass is 565 g/mol. The molecular weight excluding hydrogens is 534 g/mol. The van der Waals surface area contributed by atoms with Gasteiger partial charge in [-0.2, -0.15) is 0 Å². The topological polar surface area (TPSA) is 167 Å². The van der Waals surface area contributed by atoms with Crippen molar-refractivity contribution < 1.29 is 38.6 Å². The molecule has 2 heterocycles. The first-order chi connectivity index (χ1) is 19.7. The van der Waals surface area contributed by atoms with Crippen LogP contribution in [0.2, 0.25) is 0 Å². The molecule has 3 atom stereocenters. The maximum atomic E-state index is 13.5. The number of phenols is 1. The molecule has 216 valence electrons. The van der Waals surface area contributed by atoms with Gasteiger partial charge in [0.05, 0.1) is 28.7 Å². The van der Waals surface area contributed by atoms with Gasteiger partial charge in [-0.1, -0.05) is 30.3 Å². The van der Waals surface area contributed by atoms with Gasteiger partial charge in [0.2, 0.25) is 0 Å². The van der Waals surface area contributed by atoms with Gasteiger partial charge < -0.3 is 24.6 Å². The van der Waals surface area contributed by atoms with E-state index in [4.69, 9.17) is 14.2 Å². The Morgan fingerprint density at radius 2 is 1.85 bits per heavy atom. The van der Waals surface area contributed by atoms with Crippen molar-refractivity contribution in [2.75, 3.05) is 26.4 Å². The molecule has 0 saturated carbocycles. The number of benzene rings is 2. The van der Waals surface area contributed by atoms with Crippen molar-refractivity contribution in [1.82, 2.24) is 5.32 Å². The number of hydrogen-bond donors (Lipinski definition) is 2. The fourth-order valence-corrected chi connectivity index (χ4v) is 5.05. The van der Waals surface area contributed by atoms with Crippen LogP contribution in [0, 0.1) is 16.0 Å². The molecule has 0 bridgehead atoms. The van der Waals surface area contributed by atoms with Crippen molar-refractivity contribution in [3.8, 4) is 5.75 Å². The standard InChI is InChI=1S/C29H31N3O9/c1-17-24(28(35)40-15-13-30-27(34)21-10-4-6-12-23(21)33)26(20-9-3-5-11-22(20)32(37)38)25(18(2)31-17)29(36)41-16-19-8-7-14-39-19/h3-6,9-12,19,24,26,33H,7-8,13-16H2,1-2H3,(H,30,34)/t19-,24?,26-/m0/s1. The van der Waals surface area contributed by atoms with Crippen molar-refractivity contribution >= 4 is 29.2 Å². The minimum absolute atomic E-state index is 0.00763. The van der Waals surface area contributed by atoms with Gasteiger partial charge in [-0.05, 0) is 38.8 Å². The zero-order valence-electron chi connectivity index (χ0n) is 22.7. The lowest BCUT2D eigenvalue weighted by molar-refractivity contribution is -0.385. The van der Waals surface area contributed by atoms with E-state index in [-0.39, 0.29) is 59.7 Å². The van der Waals surface area contributed by atoms with Gasteiger partial charge in [0, 0.05) is 35.6 Å². The van der Waals surface area contributed by atoms with Gasteiger partial charge in [0.1, 0.15) is 24.9 Å². The Bertz CT molecular complexity index is 1400. The van der Waals surface area contributed by atoms with Crippen LogP contribution >= 0.6 is 0 Å². The quantitative estimate of drug-likeness (QED) is 0.190. The van der Waals surface area contributed by atoms with Crippen LogP contribution in [0.1, 0.15) is 48.5 Å². The first kappa shape index (κ1) is 29.4. The second kappa shape index (κ2) is 13.2. The molecule has 0 radical (unpaired) electrons. The first-order valence-electron chi connectivity index (χ1n) is 13.2. The number of aliphatic imine (C=N–C) groups is 1. The van der Waals surface area contributed by atoms with Gasteiger partial charge in [-0.15, -0.1) is 0 Å². The molecular formula is C29H31N3O9. The number of phenolic OH excluding ortho intramolecular Hbond substituents is 1. The molecule has 0 aromatic heterocycles. The second-order valence-corrected chi connectivity index (χ2v) is 9.70. The Kier molecular flexibility index (Phi) is 9.45. The Balaban J connectivity index is 1.56. The number of hydrogen-bond acceptors (Lipinski definition) is 10. The summed E-state index contributed by atoms with van der Waals surface area (Å²) < 4.78 is 16.5. The molecule has 12 nitrogen and oxygen atoms in total. The second-order valence-electron chi connectivity index (χ2n) is 9.70. The highest BCUT2D eigenvalue weighted by Gasteiger charge is 2.45. The highest BCUT2D eigenvalue weighted by Crippen LogP contribution is 2.43. The summed E-state index contributed by atoms with van der Waals surface area (Å²) in [7, 11) is 0. The van der Waals surface area contributed by atoms with Gasteiger partial charge in [-0.25, -0.2) is 4.79 Å². The van der Waals surface area contributed by atoms with Gasteiger partial charge in [0.25, 0.3) is 11.6 Å². The number of nitro benzene ring substituents is 1. The average Bonchev–Trinajstić information content (AvgIpc) is 3.47. The summed E-state index contributed by atoms with van der Waals surface area (Å²) in [5, 5.41) is 24.4. The van der Waals surface area contributed by atoms with E-state index >= 15 is 0 Å². The number of carbonyl (C=O) groups is 3. The molecule has 4 rings (SSSR count). The fourth-order valence-electron chi connectivity index (χ4n) is 5.05. The van der Waals surface area contributed by atoms with E-state index in [1.165, 1.54) is 30.3 Å². The summed E-state index contributed by atoms with van der Waals surface area (Å²) in [6, 6.07) is 11.9. The van der Waals surface area contributed by atoms with Crippen molar-refractivity contribution in [2.24, 2.45) is 10.9 Å². The van der Waals surface area contributed by atoms with Crippen molar-refractivity contribution in [3.05, 3.63) is 81.0 Å². The van der Waals surface area contributed by atoms with Crippen LogP contribution in [0.5, 0.6) is 5.75 Å². The van der Waals surface area contributed by atoms with Crippen LogP contribution in [0.15, 0.2) is 64.8 Å². The maximum absolute atomic E-state index is 13.5. The lowest BCUT2D eigenvalue weighted by Gasteiger charge is -2.31. The molecule has 0 spiro atoms. The van der Waals surface area contributed by atoms with Crippen molar-refractivity contribution in [3.63, 3.8) is 0 Å². The molecule has 1 fully saturated rings. The highest BCUT2D eigenvalue weighted by atomic mass is 16.6. The molecule has 0 aliphatic carbocycles. The van der Waals surface area contributed by atoms with Crippen LogP contribution in [0.3, 0.4) is 0 Å². The highest BCUT2D eigenvalue weighted by molar-refractivity contribution is 6.07. The summed E-state index contributed by atoms with van der Waals surface area (Å²) in [5.41, 5.74) is 0.559. The zero-order chi connectivity index (χ0) is 29.5. The average molecular weight is 566 g/mol. The Hall–Kier alpha value is -4.58. The number of nitro groups is 1. The maximum Gasteiger partial charge on any atom is 0.336 e. The van der Waals surface area contributed by atoms with Gasteiger partial charge >= 0.3 is 11.9 Å². The molecule has 1 amide bonds. The third-order valence-corrected chi connectivity index (χ3v) is 6.98. The third-order valence-electron chi connectivity index (χ3n) is 6.98. The fraction of sp³-hybridized carbons (Fsp3) is 0.379. The van der Waals surface area contributed by atoms with Crippen LogP contribution in [0.4, 0.5) is 5.69 Å². The molecule has 1 unspecified atom stereocenters. The summed E-state index contributed by atoms with van der Waals surface area (Å²) in [4.78, 5) is 55.0. The molecule has 2 N–H and O–H groups in total. The lowest BCUT2D eigenvalue weighted by atomic mass is 9.75. The Morgan fingerprint density at radius 1 is 1.12 bits per heavy atom. The van der Waals surface area contributed by atoms with E-state index in [9.17, 15) is 29.6 Å². The van der Waals surface area contributed by atoms with Crippen molar-refractivity contribution in [1.29, 1.82) is 0 Å². The number of ether oxygens (including phenoxy) is 3. The van der Waals surface area contributed by atoms with Crippen LogP contribution in [0.25, 0.3) is 0 Å². The van der Waals surface area contributed by atoms with E-state index < -0.39 is 34.6 Å². The predicted molar refractivity (Wildman–Crippen MR) is 146 cm³/mol. The Morgan fingerprint density at radius 3 is 2.56 bits per heavy atom. The lowest BCUT2D eigenvalue weighted by Crippen LogP contribution is -2.38. The number of rotatable bonds is 10. The number of nitrogens with zero attached hydrogens (tertiary/aromatic N) is 2. The molecule has 2 aliphatic rings. The van der Waals surface area contributed by atoms with Crippen LogP contribution in [-0.4, -0.2) is 66.1 Å². The smallest absolute Gasteiger partial charge is 0.336 e. The molecule has 2 aromatic rings. The zero-order valence-corrected chi connectivity index (χ0v) is 22.7. The largest absolute Gasteiger partial charge is 0.507 e. The normalized spacial score (nSPS) is 20.2. The molecule has 1 saturated heterocycles. The Labute approximate surface area is 236 Å². The van der Waals surface area contributed by atoms with E-state index in [0.29, 0.717) is 12.3 Å². The van der Waals surface area contributed by atoms with Gasteiger partial charge in [0.15, 0.2) is 0 Å². The number of aromatic hydroxyl groups is 1. The molecule has 41 heavy (non-hydrogen) atoms. The number of para-hydroxylation sites is 2. The summed E-state index contributed by atoms with van der Waals surface area (Å²) in [6.07, 6.45) is 1.35. The van der Waals surface area contributed by atoms with Crippen LogP contribution < -0.4 is 5.32 Å². The van der Waals surface area contributed by atoms with E-state index in [2.05, 4.69) is 10.3 Å². The summed E-state index contributed by atoms with van der Waals surface area (Å²) in [6.45, 7) is 3.46. The molecule has 12 heteroatoms. The van der Waals surface area contributed by atoms with E-state index in [0.717, 1.165) is 12.8 Å². The summed E-state index contributed by atoms with van der Waals surface area (Å²) in [5.74, 6) is -4.53. The van der Waals surface area contributed by atoms with Crippen molar-refractivity contribution in [2.45, 2.75) is 38.7 Å². The van der Waals surface area contributed by atoms with E-state index in [1.54, 1.807) is 32.0 Å². The van der Waals surface area contributed by atoms with Crippen LogP contribution in [-0.2, 0) is 23.8 Å². The number of carbonyl (C=O) groups excluding carboxylic acids is 3. The minimum Gasteiger partial charge on any atom is -0.507 e. The predicted octanol–water partition coefficient (Wildman–Crippen LogP) is 3.44. The number of nitrogens with one attached hydrogen (secondary N) is 1. The number of allylic oxidation sites excluding steroid dienone is 1. The summed E-state index contributed by atoms with van der Waals surface area (Å²) >= 11 is 0. The number of esters is 2. The minimum atomic E-state index is -1.17. The number of amides is 1. The van der Waals surface area contributed by atoms with Gasteiger partial charge in [-0.3, -0.25) is 24.7 Å². The molecule has 2 aliphatic heterocycles. The third kappa shape index (κ3) is 6.77.